The molecule has 0 amide bonds. The van der Waals surface area contributed by atoms with E-state index in [2.05, 4.69) is 5.10 Å². The van der Waals surface area contributed by atoms with Crippen molar-refractivity contribution in [1.82, 2.24) is 9.61 Å². The zero-order valence-corrected chi connectivity index (χ0v) is 9.22. The molecule has 0 aliphatic rings. The Kier molecular flexibility index (Phi) is 3.31. The predicted octanol–water partition coefficient (Wildman–Crippen LogP) is 1.94. The second-order valence-electron chi connectivity index (χ2n) is 3.56. The number of carbonyl (C=O) groups is 1. The third-order valence-electron chi connectivity index (χ3n) is 2.31. The van der Waals surface area contributed by atoms with Gasteiger partial charge in [0.05, 0.1) is 17.3 Å². The number of ether oxygens (including phenoxy) is 1. The fraction of sp³-hybridized carbons (Fsp3) is 0.333. The van der Waals surface area contributed by atoms with Gasteiger partial charge in [0.1, 0.15) is 6.61 Å². The van der Waals surface area contributed by atoms with Crippen LogP contribution in [0.3, 0.4) is 0 Å². The van der Waals surface area contributed by atoms with Crippen LogP contribution in [-0.4, -0.2) is 28.6 Å². The molecule has 0 aromatic carbocycles. The van der Waals surface area contributed by atoms with Crippen LogP contribution >= 0.6 is 0 Å². The summed E-state index contributed by atoms with van der Waals surface area (Å²) >= 11 is 0. The van der Waals surface area contributed by atoms with Gasteiger partial charge in [0.2, 0.25) is 0 Å². The van der Waals surface area contributed by atoms with Crippen molar-refractivity contribution in [2.75, 3.05) is 13.2 Å². The Morgan fingerprint density at radius 1 is 1.50 bits per heavy atom. The molecular weight excluding hydrogens is 204 g/mol. The summed E-state index contributed by atoms with van der Waals surface area (Å²) in [5, 5.41) is 4.11. The molecule has 0 N–H and O–H groups in total. The predicted molar refractivity (Wildman–Crippen MR) is 60.6 cm³/mol. The van der Waals surface area contributed by atoms with E-state index in [-0.39, 0.29) is 12.4 Å². The summed E-state index contributed by atoms with van der Waals surface area (Å²) in [6.45, 7) is 2.76. The van der Waals surface area contributed by atoms with E-state index in [1.165, 1.54) is 0 Å². The molecule has 0 aliphatic carbocycles. The van der Waals surface area contributed by atoms with Crippen molar-refractivity contribution < 1.29 is 9.53 Å². The van der Waals surface area contributed by atoms with E-state index < -0.39 is 0 Å². The molecule has 16 heavy (non-hydrogen) atoms. The van der Waals surface area contributed by atoms with Gasteiger partial charge < -0.3 is 4.74 Å². The quantitative estimate of drug-likeness (QED) is 0.569. The summed E-state index contributed by atoms with van der Waals surface area (Å²) in [5.41, 5.74) is 1.45. The molecule has 4 heteroatoms. The van der Waals surface area contributed by atoms with Crippen LogP contribution in [0, 0.1) is 0 Å². The van der Waals surface area contributed by atoms with Crippen molar-refractivity contribution >= 4 is 11.3 Å². The van der Waals surface area contributed by atoms with Crippen molar-refractivity contribution in [1.29, 1.82) is 0 Å². The molecule has 2 heterocycles. The van der Waals surface area contributed by atoms with E-state index in [0.717, 1.165) is 11.9 Å². The minimum atomic E-state index is -0.0188. The molecule has 0 spiro atoms. The van der Waals surface area contributed by atoms with Gasteiger partial charge in [-0.15, -0.1) is 0 Å². The normalized spacial score (nSPS) is 10.8. The molecule has 0 atom stereocenters. The lowest BCUT2D eigenvalue weighted by Crippen LogP contribution is -2.09. The summed E-state index contributed by atoms with van der Waals surface area (Å²) in [7, 11) is 0. The van der Waals surface area contributed by atoms with Crippen molar-refractivity contribution in [3.63, 3.8) is 0 Å². The zero-order chi connectivity index (χ0) is 11.4. The first-order valence-corrected chi connectivity index (χ1v) is 5.36. The summed E-state index contributed by atoms with van der Waals surface area (Å²) in [6, 6.07) is 5.64. The second-order valence-corrected chi connectivity index (χ2v) is 3.56. The average molecular weight is 218 g/mol. The standard InChI is InChI=1S/C12H14N2O2/c1-2-7-16-9-12(15)10-8-13-14-6-4-3-5-11(10)14/h3-6,8H,2,7,9H2,1H3. The van der Waals surface area contributed by atoms with E-state index >= 15 is 0 Å². The van der Waals surface area contributed by atoms with Crippen LogP contribution in [-0.2, 0) is 4.74 Å². The average Bonchev–Trinajstić information content (AvgIpc) is 2.73. The van der Waals surface area contributed by atoms with Gasteiger partial charge in [-0.25, -0.2) is 4.52 Å². The van der Waals surface area contributed by atoms with Crippen LogP contribution in [0.15, 0.2) is 30.6 Å². The molecule has 0 radical (unpaired) electrons. The Balaban J connectivity index is 2.17. The Bertz CT molecular complexity index is 490. The van der Waals surface area contributed by atoms with E-state index in [4.69, 9.17) is 4.74 Å². The highest BCUT2D eigenvalue weighted by atomic mass is 16.5. The molecule has 2 aromatic heterocycles. The second kappa shape index (κ2) is 4.90. The molecular formula is C12H14N2O2. The number of Topliss-reactive ketones (excluding diaryl/α,β-unsaturated/α-hetero) is 1. The van der Waals surface area contributed by atoms with E-state index in [9.17, 15) is 4.79 Å². The number of carbonyl (C=O) groups excluding carboxylic acids is 1. The van der Waals surface area contributed by atoms with Gasteiger partial charge in [-0.2, -0.15) is 5.10 Å². The first-order valence-electron chi connectivity index (χ1n) is 5.36. The number of fused-ring (bicyclic) bond motifs is 1. The number of pyridine rings is 1. The third kappa shape index (κ3) is 2.12. The van der Waals surface area contributed by atoms with Crippen LogP contribution in [0.5, 0.6) is 0 Å². The van der Waals surface area contributed by atoms with Crippen LogP contribution < -0.4 is 0 Å². The first-order chi connectivity index (χ1) is 7.83. The van der Waals surface area contributed by atoms with E-state index in [1.807, 2.05) is 31.3 Å². The number of nitrogens with zero attached hydrogens (tertiary/aromatic N) is 2. The van der Waals surface area contributed by atoms with Crippen molar-refractivity contribution in [3.05, 3.63) is 36.2 Å². The molecule has 0 aliphatic heterocycles. The highest BCUT2D eigenvalue weighted by molar-refractivity contribution is 6.02. The smallest absolute Gasteiger partial charge is 0.192 e. The maximum absolute atomic E-state index is 11.8. The van der Waals surface area contributed by atoms with Crippen LogP contribution in [0.2, 0.25) is 0 Å². The maximum atomic E-state index is 11.8. The zero-order valence-electron chi connectivity index (χ0n) is 9.22. The lowest BCUT2D eigenvalue weighted by atomic mass is 10.2. The first kappa shape index (κ1) is 10.8. The van der Waals surface area contributed by atoms with E-state index in [0.29, 0.717) is 12.2 Å². The highest BCUT2D eigenvalue weighted by Crippen LogP contribution is 2.10. The Morgan fingerprint density at radius 3 is 3.19 bits per heavy atom. The molecule has 0 bridgehead atoms. The van der Waals surface area contributed by atoms with Crippen LogP contribution in [0.1, 0.15) is 23.7 Å². The van der Waals surface area contributed by atoms with Gasteiger partial charge in [-0.1, -0.05) is 13.0 Å². The number of hydrogen-bond acceptors (Lipinski definition) is 3. The van der Waals surface area contributed by atoms with Crippen molar-refractivity contribution in [3.8, 4) is 0 Å². The van der Waals surface area contributed by atoms with Crippen molar-refractivity contribution in [2.24, 2.45) is 0 Å². The highest BCUT2D eigenvalue weighted by Gasteiger charge is 2.11. The summed E-state index contributed by atoms with van der Waals surface area (Å²) < 4.78 is 6.92. The lowest BCUT2D eigenvalue weighted by Gasteiger charge is -2.00. The van der Waals surface area contributed by atoms with Crippen LogP contribution in [0.4, 0.5) is 0 Å². The molecule has 0 saturated carbocycles. The molecule has 0 unspecified atom stereocenters. The largest absolute Gasteiger partial charge is 0.373 e. The lowest BCUT2D eigenvalue weighted by molar-refractivity contribution is 0.0763. The van der Waals surface area contributed by atoms with Gasteiger partial charge in [0.25, 0.3) is 0 Å². The Hall–Kier alpha value is -1.68. The minimum Gasteiger partial charge on any atom is -0.373 e. The molecule has 2 aromatic rings. The Labute approximate surface area is 93.8 Å². The SMILES string of the molecule is CCCOCC(=O)c1cnn2ccccc12. The molecule has 2 rings (SSSR count). The van der Waals surface area contributed by atoms with Gasteiger partial charge in [-0.3, -0.25) is 4.79 Å². The minimum absolute atomic E-state index is 0.0188. The fourth-order valence-corrected chi connectivity index (χ4v) is 1.54. The Morgan fingerprint density at radius 2 is 2.38 bits per heavy atom. The molecule has 84 valence electrons. The summed E-state index contributed by atoms with van der Waals surface area (Å²) in [5.74, 6) is -0.0188. The van der Waals surface area contributed by atoms with Gasteiger partial charge in [0, 0.05) is 12.8 Å². The number of rotatable bonds is 5. The topological polar surface area (TPSA) is 43.6 Å². The van der Waals surface area contributed by atoms with Gasteiger partial charge in [-0.05, 0) is 18.6 Å². The molecule has 0 saturated heterocycles. The maximum Gasteiger partial charge on any atom is 0.192 e. The van der Waals surface area contributed by atoms with E-state index in [1.54, 1.807) is 10.7 Å². The third-order valence-corrected chi connectivity index (χ3v) is 2.31. The fourth-order valence-electron chi connectivity index (χ4n) is 1.54. The van der Waals surface area contributed by atoms with Crippen LogP contribution in [0.25, 0.3) is 5.52 Å². The number of aromatic nitrogens is 2. The molecule has 0 fully saturated rings. The van der Waals surface area contributed by atoms with Gasteiger partial charge in [0.15, 0.2) is 5.78 Å². The van der Waals surface area contributed by atoms with Crippen molar-refractivity contribution in [2.45, 2.75) is 13.3 Å². The molecule has 4 nitrogen and oxygen atoms in total. The summed E-state index contributed by atoms with van der Waals surface area (Å²) in [6.07, 6.45) is 4.33. The number of ketones is 1. The number of hydrogen-bond donors (Lipinski definition) is 0. The van der Waals surface area contributed by atoms with Gasteiger partial charge >= 0.3 is 0 Å². The monoisotopic (exact) mass is 218 g/mol. The summed E-state index contributed by atoms with van der Waals surface area (Å²) in [4.78, 5) is 11.8.